The summed E-state index contributed by atoms with van der Waals surface area (Å²) < 4.78 is 4.97. The average Bonchev–Trinajstić information content (AvgIpc) is 2.92. The van der Waals surface area contributed by atoms with Crippen molar-refractivity contribution >= 4 is 11.6 Å². The monoisotopic (exact) mass is 242 g/mol. The van der Waals surface area contributed by atoms with Crippen molar-refractivity contribution in [1.82, 2.24) is 0 Å². The predicted molar refractivity (Wildman–Crippen MR) is 67.8 cm³/mol. The smallest absolute Gasteiger partial charge is 0.205 e. The van der Waals surface area contributed by atoms with E-state index in [9.17, 15) is 9.59 Å². The second kappa shape index (κ2) is 5.45. The minimum Gasteiger partial charge on any atom is -0.461 e. The molecule has 0 spiro atoms. The SMILES string of the molecule is CCc1ccc(C(=O)CC(=O)c2ccco2)cc1. The lowest BCUT2D eigenvalue weighted by atomic mass is 10.0. The van der Waals surface area contributed by atoms with Crippen LogP contribution < -0.4 is 0 Å². The zero-order valence-corrected chi connectivity index (χ0v) is 10.2. The van der Waals surface area contributed by atoms with E-state index in [1.807, 2.05) is 12.1 Å². The number of carbonyl (C=O) groups is 2. The Balaban J connectivity index is 2.05. The molecule has 0 N–H and O–H groups in total. The Labute approximate surface area is 105 Å². The molecule has 0 aliphatic heterocycles. The van der Waals surface area contributed by atoms with Crippen molar-refractivity contribution in [2.24, 2.45) is 0 Å². The van der Waals surface area contributed by atoms with Gasteiger partial charge in [0.05, 0.1) is 12.7 Å². The van der Waals surface area contributed by atoms with Gasteiger partial charge >= 0.3 is 0 Å². The summed E-state index contributed by atoms with van der Waals surface area (Å²) in [6.07, 6.45) is 2.20. The molecule has 3 heteroatoms. The van der Waals surface area contributed by atoms with Crippen molar-refractivity contribution in [3.8, 4) is 0 Å². The first kappa shape index (κ1) is 12.3. The van der Waals surface area contributed by atoms with Crippen molar-refractivity contribution < 1.29 is 14.0 Å². The van der Waals surface area contributed by atoms with Gasteiger partial charge in [-0.15, -0.1) is 0 Å². The van der Waals surface area contributed by atoms with Crippen LogP contribution in [-0.2, 0) is 6.42 Å². The fourth-order valence-corrected chi connectivity index (χ4v) is 1.70. The first-order valence-corrected chi connectivity index (χ1v) is 5.89. The molecule has 0 saturated heterocycles. The van der Waals surface area contributed by atoms with Crippen molar-refractivity contribution in [2.75, 3.05) is 0 Å². The lowest BCUT2D eigenvalue weighted by Crippen LogP contribution is -2.07. The molecule has 1 aromatic heterocycles. The first-order valence-electron chi connectivity index (χ1n) is 5.89. The molecule has 0 saturated carbocycles. The molecular weight excluding hydrogens is 228 g/mol. The lowest BCUT2D eigenvalue weighted by molar-refractivity contribution is 0.0878. The predicted octanol–water partition coefficient (Wildman–Crippen LogP) is 3.30. The van der Waals surface area contributed by atoms with Gasteiger partial charge in [-0.05, 0) is 24.1 Å². The normalized spacial score (nSPS) is 10.3. The molecule has 0 aliphatic carbocycles. The average molecular weight is 242 g/mol. The Morgan fingerprint density at radius 1 is 1.06 bits per heavy atom. The maximum Gasteiger partial charge on any atom is 0.205 e. The number of furan rings is 1. The number of hydrogen-bond acceptors (Lipinski definition) is 3. The van der Waals surface area contributed by atoms with Crippen LogP contribution in [0.25, 0.3) is 0 Å². The third kappa shape index (κ3) is 2.74. The largest absolute Gasteiger partial charge is 0.461 e. The molecule has 0 atom stereocenters. The van der Waals surface area contributed by atoms with E-state index < -0.39 is 0 Å². The summed E-state index contributed by atoms with van der Waals surface area (Å²) in [4.78, 5) is 23.6. The molecule has 18 heavy (non-hydrogen) atoms. The minimum absolute atomic E-state index is 0.154. The van der Waals surface area contributed by atoms with Crippen molar-refractivity contribution in [3.05, 3.63) is 59.5 Å². The number of rotatable bonds is 5. The summed E-state index contributed by atoms with van der Waals surface area (Å²) in [7, 11) is 0. The maximum absolute atomic E-state index is 11.9. The van der Waals surface area contributed by atoms with Crippen LogP contribution in [0.5, 0.6) is 0 Å². The summed E-state index contributed by atoms with van der Waals surface area (Å²) in [6.45, 7) is 2.05. The Bertz CT molecular complexity index is 536. The number of hydrogen-bond donors (Lipinski definition) is 0. The third-order valence-corrected chi connectivity index (χ3v) is 2.80. The molecule has 0 amide bonds. The second-order valence-corrected chi connectivity index (χ2v) is 4.05. The standard InChI is InChI=1S/C15H14O3/c1-2-11-5-7-12(8-6-11)13(16)10-14(17)15-4-3-9-18-15/h3-9H,2,10H2,1H3. The number of ketones is 2. The molecule has 0 bridgehead atoms. The number of benzene rings is 1. The molecule has 3 nitrogen and oxygen atoms in total. The fraction of sp³-hybridized carbons (Fsp3) is 0.200. The van der Waals surface area contributed by atoms with E-state index >= 15 is 0 Å². The molecule has 0 radical (unpaired) electrons. The van der Waals surface area contributed by atoms with Crippen LogP contribution in [0, 0.1) is 0 Å². The lowest BCUT2D eigenvalue weighted by Gasteiger charge is -2.01. The van der Waals surface area contributed by atoms with Gasteiger partial charge in [0, 0.05) is 5.56 Å². The van der Waals surface area contributed by atoms with Gasteiger partial charge in [0.15, 0.2) is 11.5 Å². The van der Waals surface area contributed by atoms with Crippen LogP contribution in [0.4, 0.5) is 0 Å². The summed E-state index contributed by atoms with van der Waals surface area (Å²) in [5.74, 6) is -0.239. The molecule has 2 rings (SSSR count). The second-order valence-electron chi connectivity index (χ2n) is 4.05. The van der Waals surface area contributed by atoms with Crippen LogP contribution in [0.1, 0.15) is 39.8 Å². The zero-order chi connectivity index (χ0) is 13.0. The molecule has 0 unspecified atom stereocenters. The van der Waals surface area contributed by atoms with Gasteiger partial charge in [-0.3, -0.25) is 9.59 Å². The first-order chi connectivity index (χ1) is 8.70. The highest BCUT2D eigenvalue weighted by Gasteiger charge is 2.15. The summed E-state index contributed by atoms with van der Waals surface area (Å²) in [6, 6.07) is 10.5. The zero-order valence-electron chi connectivity index (χ0n) is 10.2. The van der Waals surface area contributed by atoms with Crippen LogP contribution in [0.15, 0.2) is 47.1 Å². The molecule has 92 valence electrons. The van der Waals surface area contributed by atoms with E-state index in [0.717, 1.165) is 6.42 Å². The fourth-order valence-electron chi connectivity index (χ4n) is 1.70. The van der Waals surface area contributed by atoms with Crippen LogP contribution in [0.3, 0.4) is 0 Å². The molecule has 1 heterocycles. The van der Waals surface area contributed by atoms with Gasteiger partial charge < -0.3 is 4.42 Å². The van der Waals surface area contributed by atoms with Crippen molar-refractivity contribution in [3.63, 3.8) is 0 Å². The van der Waals surface area contributed by atoms with Gasteiger partial charge in [-0.25, -0.2) is 0 Å². The molecule has 0 fully saturated rings. The van der Waals surface area contributed by atoms with E-state index in [-0.39, 0.29) is 23.7 Å². The highest BCUT2D eigenvalue weighted by molar-refractivity contribution is 6.12. The van der Waals surface area contributed by atoms with E-state index in [1.54, 1.807) is 24.3 Å². The Morgan fingerprint density at radius 2 is 1.78 bits per heavy atom. The number of carbonyl (C=O) groups excluding carboxylic acids is 2. The van der Waals surface area contributed by atoms with E-state index in [0.29, 0.717) is 5.56 Å². The Morgan fingerprint density at radius 3 is 2.33 bits per heavy atom. The molecule has 2 aromatic rings. The minimum atomic E-state index is -0.287. The van der Waals surface area contributed by atoms with Gasteiger partial charge in [0.2, 0.25) is 5.78 Å². The van der Waals surface area contributed by atoms with Gasteiger partial charge in [0.1, 0.15) is 0 Å². The van der Waals surface area contributed by atoms with E-state index in [1.165, 1.54) is 11.8 Å². The van der Waals surface area contributed by atoms with E-state index in [4.69, 9.17) is 4.42 Å². The molecule has 1 aromatic carbocycles. The van der Waals surface area contributed by atoms with E-state index in [2.05, 4.69) is 6.92 Å². The van der Waals surface area contributed by atoms with Gasteiger partial charge in [-0.1, -0.05) is 31.2 Å². The van der Waals surface area contributed by atoms with Crippen LogP contribution in [-0.4, -0.2) is 11.6 Å². The van der Waals surface area contributed by atoms with Crippen LogP contribution in [0.2, 0.25) is 0 Å². The van der Waals surface area contributed by atoms with Gasteiger partial charge in [0.25, 0.3) is 0 Å². The van der Waals surface area contributed by atoms with Crippen molar-refractivity contribution in [2.45, 2.75) is 19.8 Å². The number of Topliss-reactive ketones (excluding diaryl/α,β-unsaturated/α-hetero) is 2. The summed E-state index contributed by atoms with van der Waals surface area (Å²) in [5, 5.41) is 0. The quantitative estimate of drug-likeness (QED) is 0.597. The Hall–Kier alpha value is -2.16. The number of aryl methyl sites for hydroxylation is 1. The highest BCUT2D eigenvalue weighted by atomic mass is 16.3. The third-order valence-electron chi connectivity index (χ3n) is 2.80. The topological polar surface area (TPSA) is 47.3 Å². The maximum atomic E-state index is 11.9. The van der Waals surface area contributed by atoms with Crippen LogP contribution >= 0.6 is 0 Å². The summed E-state index contributed by atoms with van der Waals surface area (Å²) in [5.41, 5.74) is 1.73. The summed E-state index contributed by atoms with van der Waals surface area (Å²) >= 11 is 0. The molecule has 0 aliphatic rings. The molecular formula is C15H14O3. The van der Waals surface area contributed by atoms with Crippen molar-refractivity contribution in [1.29, 1.82) is 0 Å². The Kier molecular flexibility index (Phi) is 3.72. The van der Waals surface area contributed by atoms with Gasteiger partial charge in [-0.2, -0.15) is 0 Å². The highest BCUT2D eigenvalue weighted by Crippen LogP contribution is 2.11.